The molecule has 0 radical (unpaired) electrons. The molecule has 0 aliphatic rings. The van der Waals surface area contributed by atoms with Gasteiger partial charge in [0, 0.05) is 10.3 Å². The highest BCUT2D eigenvalue weighted by Crippen LogP contribution is 2.19. The predicted octanol–water partition coefficient (Wildman–Crippen LogP) is 2.86. The zero-order valence-electron chi connectivity index (χ0n) is 4.76. The summed E-state index contributed by atoms with van der Waals surface area (Å²) in [6.45, 7) is 2.17. The molecule has 0 aliphatic heterocycles. The Morgan fingerprint density at radius 3 is 3.12 bits per heavy atom. The third-order valence-electron chi connectivity index (χ3n) is 0.806. The normalized spacial score (nSPS) is 9.62. The highest BCUT2D eigenvalue weighted by Gasteiger charge is 1.87. The van der Waals surface area contributed by atoms with Gasteiger partial charge in [-0.2, -0.15) is 11.3 Å². The van der Waals surface area contributed by atoms with E-state index in [1.54, 1.807) is 11.3 Å². The predicted molar refractivity (Wildman–Crippen MR) is 40.7 cm³/mol. The number of rotatable bonds is 2. The van der Waals surface area contributed by atoms with Crippen LogP contribution in [0.25, 0.3) is 0 Å². The molecular weight excluding hydrogens is 136 g/mol. The van der Waals surface area contributed by atoms with E-state index in [4.69, 9.17) is 0 Å². The first-order valence-corrected chi connectivity index (χ1v) is 4.51. The lowest BCUT2D eigenvalue weighted by Gasteiger charge is -1.86. The van der Waals surface area contributed by atoms with Crippen LogP contribution in [-0.2, 0) is 0 Å². The maximum Gasteiger partial charge on any atom is 0.0179 e. The van der Waals surface area contributed by atoms with Crippen molar-refractivity contribution in [3.05, 3.63) is 16.8 Å². The zero-order chi connectivity index (χ0) is 5.82. The molecule has 0 nitrogen and oxygen atoms in total. The third kappa shape index (κ3) is 1.53. The van der Waals surface area contributed by atoms with Gasteiger partial charge in [-0.1, -0.05) is 6.92 Å². The molecule has 1 aromatic heterocycles. The molecule has 0 amide bonds. The molecule has 1 aromatic rings. The first-order valence-electron chi connectivity index (χ1n) is 2.58. The van der Waals surface area contributed by atoms with Gasteiger partial charge in [0.15, 0.2) is 0 Å². The van der Waals surface area contributed by atoms with Gasteiger partial charge in [-0.05, 0) is 17.2 Å². The molecule has 0 unspecified atom stereocenters. The Morgan fingerprint density at radius 1 is 1.75 bits per heavy atom. The maximum absolute atomic E-state index is 2.17. The van der Waals surface area contributed by atoms with Crippen molar-refractivity contribution >= 4 is 23.1 Å². The van der Waals surface area contributed by atoms with E-state index in [0.29, 0.717) is 0 Å². The van der Waals surface area contributed by atoms with Crippen molar-refractivity contribution in [1.82, 2.24) is 0 Å². The second kappa shape index (κ2) is 3.15. The van der Waals surface area contributed by atoms with E-state index in [9.17, 15) is 0 Å². The summed E-state index contributed by atoms with van der Waals surface area (Å²) in [6.07, 6.45) is 0. The summed E-state index contributed by atoms with van der Waals surface area (Å²) < 4.78 is 0. The Balaban J connectivity index is 2.50. The van der Waals surface area contributed by atoms with Gasteiger partial charge in [0.25, 0.3) is 0 Å². The summed E-state index contributed by atoms with van der Waals surface area (Å²) in [4.78, 5) is 1.40. The monoisotopic (exact) mass is 144 g/mol. The molecule has 44 valence electrons. The highest BCUT2D eigenvalue weighted by molar-refractivity contribution is 7.99. The average Bonchev–Trinajstić information content (AvgIpc) is 2.19. The lowest BCUT2D eigenvalue weighted by atomic mass is 10.7. The minimum absolute atomic E-state index is 1.18. The van der Waals surface area contributed by atoms with Gasteiger partial charge in [-0.25, -0.2) is 0 Å². The van der Waals surface area contributed by atoms with Crippen LogP contribution in [0.1, 0.15) is 6.92 Å². The van der Waals surface area contributed by atoms with Crippen molar-refractivity contribution in [3.8, 4) is 0 Å². The van der Waals surface area contributed by atoms with Crippen molar-refractivity contribution in [3.63, 3.8) is 0 Å². The highest BCUT2D eigenvalue weighted by atomic mass is 32.2. The third-order valence-corrected chi connectivity index (χ3v) is 2.51. The molecule has 2 heteroatoms. The number of hydrogen-bond acceptors (Lipinski definition) is 2. The average molecular weight is 144 g/mol. The van der Waals surface area contributed by atoms with Crippen LogP contribution < -0.4 is 0 Å². The SMILES string of the molecule is CCSc1ccsc1. The molecule has 0 N–H and O–H groups in total. The fraction of sp³-hybridized carbons (Fsp3) is 0.333. The quantitative estimate of drug-likeness (QED) is 0.575. The molecule has 0 fully saturated rings. The fourth-order valence-corrected chi connectivity index (χ4v) is 2.04. The minimum Gasteiger partial charge on any atom is -0.151 e. The summed E-state index contributed by atoms with van der Waals surface area (Å²) in [5.41, 5.74) is 0. The maximum atomic E-state index is 2.17. The zero-order valence-corrected chi connectivity index (χ0v) is 6.39. The Kier molecular flexibility index (Phi) is 2.43. The number of hydrogen-bond donors (Lipinski definition) is 0. The second-order valence-corrected chi connectivity index (χ2v) is 3.51. The molecule has 0 saturated carbocycles. The molecule has 8 heavy (non-hydrogen) atoms. The lowest BCUT2D eigenvalue weighted by molar-refractivity contribution is 1.49. The first kappa shape index (κ1) is 6.17. The van der Waals surface area contributed by atoms with Gasteiger partial charge in [-0.3, -0.25) is 0 Å². The molecule has 1 heterocycles. The summed E-state index contributed by atoms with van der Waals surface area (Å²) in [5, 5.41) is 4.28. The number of thioether (sulfide) groups is 1. The Bertz CT molecular complexity index is 132. The van der Waals surface area contributed by atoms with Gasteiger partial charge in [0.05, 0.1) is 0 Å². The van der Waals surface area contributed by atoms with Crippen LogP contribution >= 0.6 is 23.1 Å². The van der Waals surface area contributed by atoms with Crippen LogP contribution in [0.5, 0.6) is 0 Å². The van der Waals surface area contributed by atoms with Gasteiger partial charge in [-0.15, -0.1) is 11.8 Å². The van der Waals surface area contributed by atoms with E-state index in [-0.39, 0.29) is 0 Å². The summed E-state index contributed by atoms with van der Waals surface area (Å²) in [6, 6.07) is 2.15. The van der Waals surface area contributed by atoms with Crippen molar-refractivity contribution in [1.29, 1.82) is 0 Å². The molecule has 0 spiro atoms. The summed E-state index contributed by atoms with van der Waals surface area (Å²) in [7, 11) is 0. The minimum atomic E-state index is 1.18. The van der Waals surface area contributed by atoms with Crippen molar-refractivity contribution in [2.75, 3.05) is 5.75 Å². The molecular formula is C6H8S2. The van der Waals surface area contributed by atoms with Gasteiger partial charge in [0.1, 0.15) is 0 Å². The molecule has 0 bridgehead atoms. The Hall–Kier alpha value is 0.0500. The molecule has 0 atom stereocenters. The molecule has 0 aliphatic carbocycles. The van der Waals surface area contributed by atoms with Gasteiger partial charge >= 0.3 is 0 Å². The number of thiophene rings is 1. The Morgan fingerprint density at radius 2 is 2.62 bits per heavy atom. The molecule has 1 rings (SSSR count). The van der Waals surface area contributed by atoms with E-state index in [0.717, 1.165) is 0 Å². The van der Waals surface area contributed by atoms with Crippen LogP contribution in [0.15, 0.2) is 21.7 Å². The van der Waals surface area contributed by atoms with Crippen LogP contribution in [0.4, 0.5) is 0 Å². The van der Waals surface area contributed by atoms with Crippen LogP contribution in [0, 0.1) is 0 Å². The van der Waals surface area contributed by atoms with E-state index in [1.165, 1.54) is 10.6 Å². The molecule has 0 aromatic carbocycles. The topological polar surface area (TPSA) is 0 Å². The van der Waals surface area contributed by atoms with E-state index >= 15 is 0 Å². The van der Waals surface area contributed by atoms with Crippen molar-refractivity contribution in [2.24, 2.45) is 0 Å². The standard InChI is InChI=1S/C6H8S2/c1-2-8-6-3-4-7-5-6/h3-5H,2H2,1H3. The molecule has 0 saturated heterocycles. The summed E-state index contributed by atoms with van der Waals surface area (Å²) in [5.74, 6) is 1.18. The van der Waals surface area contributed by atoms with Crippen molar-refractivity contribution < 1.29 is 0 Å². The van der Waals surface area contributed by atoms with Crippen LogP contribution in [-0.4, -0.2) is 5.75 Å². The van der Waals surface area contributed by atoms with E-state index < -0.39 is 0 Å². The fourth-order valence-electron chi connectivity index (χ4n) is 0.501. The van der Waals surface area contributed by atoms with Crippen LogP contribution in [0.2, 0.25) is 0 Å². The Labute approximate surface area is 57.9 Å². The van der Waals surface area contributed by atoms with E-state index in [1.807, 2.05) is 11.8 Å². The second-order valence-electron chi connectivity index (χ2n) is 1.39. The van der Waals surface area contributed by atoms with Gasteiger partial charge in [0.2, 0.25) is 0 Å². The summed E-state index contributed by atoms with van der Waals surface area (Å²) >= 11 is 3.65. The van der Waals surface area contributed by atoms with Gasteiger partial charge < -0.3 is 0 Å². The van der Waals surface area contributed by atoms with Crippen molar-refractivity contribution in [2.45, 2.75) is 11.8 Å². The van der Waals surface area contributed by atoms with E-state index in [2.05, 4.69) is 23.8 Å². The first-order chi connectivity index (χ1) is 3.93. The van der Waals surface area contributed by atoms with Crippen LogP contribution in [0.3, 0.4) is 0 Å². The lowest BCUT2D eigenvalue weighted by Crippen LogP contribution is -1.61. The smallest absolute Gasteiger partial charge is 0.0179 e. The largest absolute Gasteiger partial charge is 0.151 e.